The minimum Gasteiger partial charge on any atom is -0.506 e. The second-order valence-corrected chi connectivity index (χ2v) is 6.72. The minimum atomic E-state index is -0.857. The van der Waals surface area contributed by atoms with Crippen molar-refractivity contribution in [2.45, 2.75) is 6.54 Å². The largest absolute Gasteiger partial charge is 0.506 e. The summed E-state index contributed by atoms with van der Waals surface area (Å²) in [6.45, 7) is 0.374. The van der Waals surface area contributed by atoms with Crippen molar-refractivity contribution in [2.75, 3.05) is 5.32 Å². The van der Waals surface area contributed by atoms with Crippen LogP contribution in [0.3, 0.4) is 0 Å². The molecule has 0 bridgehead atoms. The minimum absolute atomic E-state index is 0.181. The van der Waals surface area contributed by atoms with Gasteiger partial charge in [0.25, 0.3) is 11.5 Å². The van der Waals surface area contributed by atoms with E-state index in [4.69, 9.17) is 11.6 Å². The molecule has 0 atom stereocenters. The van der Waals surface area contributed by atoms with E-state index in [2.05, 4.69) is 15.4 Å². The Labute approximate surface area is 168 Å². The van der Waals surface area contributed by atoms with Gasteiger partial charge in [0.15, 0.2) is 0 Å². The van der Waals surface area contributed by atoms with Crippen LogP contribution in [0.25, 0.3) is 11.0 Å². The SMILES string of the molecule is O=C(Nc1ccc(F)c(Cl)c1)c1c(O)c2cnn(Cc3ccccc3)c2[nH]c1=O. The molecule has 4 aromatic rings. The third-order valence-electron chi connectivity index (χ3n) is 4.37. The maximum atomic E-state index is 13.3. The number of H-pyrrole nitrogens is 1. The van der Waals surface area contributed by atoms with Crippen molar-refractivity contribution in [2.24, 2.45) is 0 Å². The molecule has 0 aliphatic rings. The van der Waals surface area contributed by atoms with Gasteiger partial charge in [-0.05, 0) is 23.8 Å². The lowest BCUT2D eigenvalue weighted by Crippen LogP contribution is -2.24. The topological polar surface area (TPSA) is 100 Å². The first kappa shape index (κ1) is 18.7. The first-order chi connectivity index (χ1) is 13.9. The molecule has 2 aromatic carbocycles. The van der Waals surface area contributed by atoms with Gasteiger partial charge in [0.05, 0.1) is 23.2 Å². The quantitative estimate of drug-likeness (QED) is 0.477. The van der Waals surface area contributed by atoms with Crippen LogP contribution in [0.1, 0.15) is 15.9 Å². The van der Waals surface area contributed by atoms with Crippen molar-refractivity contribution in [1.82, 2.24) is 14.8 Å². The fourth-order valence-electron chi connectivity index (χ4n) is 2.96. The Bertz CT molecular complexity index is 1280. The highest BCUT2D eigenvalue weighted by atomic mass is 35.5. The van der Waals surface area contributed by atoms with Gasteiger partial charge in [0, 0.05) is 5.69 Å². The van der Waals surface area contributed by atoms with Crippen molar-refractivity contribution in [3.05, 3.63) is 87.0 Å². The van der Waals surface area contributed by atoms with Gasteiger partial charge in [-0.25, -0.2) is 9.07 Å². The van der Waals surface area contributed by atoms with E-state index in [0.29, 0.717) is 6.54 Å². The molecule has 3 N–H and O–H groups in total. The number of fused-ring (bicyclic) bond motifs is 1. The second kappa shape index (κ2) is 7.40. The first-order valence-corrected chi connectivity index (χ1v) is 8.93. The summed E-state index contributed by atoms with van der Waals surface area (Å²) in [7, 11) is 0. The molecule has 1 amide bonds. The average Bonchev–Trinajstić information content (AvgIpc) is 3.08. The number of hydrogen-bond donors (Lipinski definition) is 3. The number of carbonyl (C=O) groups is 1. The number of carbonyl (C=O) groups excluding carboxylic acids is 1. The molecule has 2 aromatic heterocycles. The van der Waals surface area contributed by atoms with E-state index in [-0.39, 0.29) is 21.7 Å². The normalized spacial score (nSPS) is 11.0. The molecule has 146 valence electrons. The predicted molar refractivity (Wildman–Crippen MR) is 107 cm³/mol. The standard InChI is InChI=1S/C20H14ClFN4O3/c21-14-8-12(6-7-15(14)22)24-19(28)16-17(27)13-9-23-26(18(13)25-20(16)29)10-11-4-2-1-3-5-11/h1-9H,10H2,(H,24,28)(H2,25,27,29). The summed E-state index contributed by atoms with van der Waals surface area (Å²) >= 11 is 5.70. The highest BCUT2D eigenvalue weighted by Crippen LogP contribution is 2.26. The third-order valence-corrected chi connectivity index (χ3v) is 4.66. The number of benzene rings is 2. The van der Waals surface area contributed by atoms with Gasteiger partial charge >= 0.3 is 0 Å². The maximum Gasteiger partial charge on any atom is 0.266 e. The van der Waals surface area contributed by atoms with Gasteiger partial charge in [0.1, 0.15) is 22.8 Å². The molecular weight excluding hydrogens is 399 g/mol. The molecule has 4 rings (SSSR count). The van der Waals surface area contributed by atoms with Crippen LogP contribution in [0.2, 0.25) is 5.02 Å². The number of aromatic nitrogens is 3. The number of amides is 1. The third kappa shape index (κ3) is 3.57. The van der Waals surface area contributed by atoms with Gasteiger partial charge < -0.3 is 15.4 Å². The summed E-state index contributed by atoms with van der Waals surface area (Å²) in [6, 6.07) is 13.0. The molecule has 0 unspecified atom stereocenters. The van der Waals surface area contributed by atoms with Crippen molar-refractivity contribution in [1.29, 1.82) is 0 Å². The Morgan fingerprint density at radius 2 is 2.00 bits per heavy atom. The molecular formula is C20H14ClFN4O3. The fraction of sp³-hybridized carbons (Fsp3) is 0.0500. The van der Waals surface area contributed by atoms with Crippen molar-refractivity contribution < 1.29 is 14.3 Å². The molecule has 9 heteroatoms. The van der Waals surface area contributed by atoms with Crippen LogP contribution in [-0.4, -0.2) is 25.8 Å². The zero-order valence-corrected chi connectivity index (χ0v) is 15.6. The second-order valence-electron chi connectivity index (χ2n) is 6.31. The van der Waals surface area contributed by atoms with E-state index >= 15 is 0 Å². The summed E-state index contributed by atoms with van der Waals surface area (Å²) in [5.74, 6) is -1.99. The number of pyridine rings is 1. The van der Waals surface area contributed by atoms with Crippen molar-refractivity contribution >= 4 is 34.2 Å². The summed E-state index contributed by atoms with van der Waals surface area (Å²) in [4.78, 5) is 27.6. The summed E-state index contributed by atoms with van der Waals surface area (Å²) in [6.07, 6.45) is 1.37. The molecule has 7 nitrogen and oxygen atoms in total. The van der Waals surface area contributed by atoms with E-state index in [9.17, 15) is 19.1 Å². The van der Waals surface area contributed by atoms with Crippen LogP contribution in [0, 0.1) is 5.82 Å². The Morgan fingerprint density at radius 3 is 2.72 bits per heavy atom. The van der Waals surface area contributed by atoms with Crippen LogP contribution in [0.5, 0.6) is 5.75 Å². The van der Waals surface area contributed by atoms with Gasteiger partial charge in [-0.3, -0.25) is 9.59 Å². The Morgan fingerprint density at radius 1 is 1.24 bits per heavy atom. The molecule has 0 fully saturated rings. The van der Waals surface area contributed by atoms with Gasteiger partial charge in [0.2, 0.25) is 0 Å². The first-order valence-electron chi connectivity index (χ1n) is 8.55. The fourth-order valence-corrected chi connectivity index (χ4v) is 3.14. The number of anilines is 1. The molecule has 0 aliphatic carbocycles. The summed E-state index contributed by atoms with van der Waals surface area (Å²) in [5.41, 5.74) is 0.165. The van der Waals surface area contributed by atoms with Gasteiger partial charge in [-0.2, -0.15) is 5.10 Å². The van der Waals surface area contributed by atoms with E-state index in [1.165, 1.54) is 23.0 Å². The number of hydrogen-bond acceptors (Lipinski definition) is 4. The highest BCUT2D eigenvalue weighted by molar-refractivity contribution is 6.31. The van der Waals surface area contributed by atoms with E-state index in [0.717, 1.165) is 11.6 Å². The van der Waals surface area contributed by atoms with Crippen LogP contribution < -0.4 is 10.9 Å². The smallest absolute Gasteiger partial charge is 0.266 e. The van der Waals surface area contributed by atoms with Crippen LogP contribution >= 0.6 is 11.6 Å². The Balaban J connectivity index is 1.69. The molecule has 2 heterocycles. The molecule has 0 aliphatic heterocycles. The molecule has 29 heavy (non-hydrogen) atoms. The van der Waals surface area contributed by atoms with Gasteiger partial charge in [-0.15, -0.1) is 0 Å². The van der Waals surface area contributed by atoms with Crippen LogP contribution in [0.4, 0.5) is 10.1 Å². The number of halogens is 2. The zero-order valence-electron chi connectivity index (χ0n) is 14.8. The number of nitrogens with zero attached hydrogens (tertiary/aromatic N) is 2. The number of aromatic hydroxyl groups is 1. The summed E-state index contributed by atoms with van der Waals surface area (Å²) < 4.78 is 14.8. The lowest BCUT2D eigenvalue weighted by molar-refractivity contribution is 0.102. The number of aromatic amines is 1. The van der Waals surface area contributed by atoms with Crippen LogP contribution in [-0.2, 0) is 6.54 Å². The lowest BCUT2D eigenvalue weighted by atomic mass is 10.2. The van der Waals surface area contributed by atoms with E-state index in [1.54, 1.807) is 0 Å². The highest BCUT2D eigenvalue weighted by Gasteiger charge is 2.22. The monoisotopic (exact) mass is 412 g/mol. The zero-order chi connectivity index (χ0) is 20.5. The summed E-state index contributed by atoms with van der Waals surface area (Å²) in [5, 5.41) is 17.2. The van der Waals surface area contributed by atoms with Crippen molar-refractivity contribution in [3.8, 4) is 5.75 Å². The Hall–Kier alpha value is -3.65. The molecule has 0 radical (unpaired) electrons. The van der Waals surface area contributed by atoms with Crippen molar-refractivity contribution in [3.63, 3.8) is 0 Å². The number of rotatable bonds is 4. The Kier molecular flexibility index (Phi) is 4.77. The molecule has 0 saturated heterocycles. The van der Waals surface area contributed by atoms with E-state index in [1.807, 2.05) is 30.3 Å². The van der Waals surface area contributed by atoms with Crippen LogP contribution in [0.15, 0.2) is 59.5 Å². The van der Waals surface area contributed by atoms with E-state index < -0.39 is 28.6 Å². The van der Waals surface area contributed by atoms with Gasteiger partial charge in [-0.1, -0.05) is 41.9 Å². The lowest BCUT2D eigenvalue weighted by Gasteiger charge is -2.08. The number of nitrogens with one attached hydrogen (secondary N) is 2. The molecule has 0 spiro atoms. The maximum absolute atomic E-state index is 13.3. The average molecular weight is 413 g/mol. The molecule has 0 saturated carbocycles. The predicted octanol–water partition coefficient (Wildman–Crippen LogP) is 3.52.